The molecule has 1 aliphatic heterocycles. The second kappa shape index (κ2) is 4.04. The number of aryl methyl sites for hydroxylation is 1. The third-order valence-electron chi connectivity index (χ3n) is 3.03. The highest BCUT2D eigenvalue weighted by molar-refractivity contribution is 5.83. The largest absolute Gasteiger partial charge is 0.399 e. The number of piperazine rings is 1. The quantitative estimate of drug-likeness (QED) is 0.713. The van der Waals surface area contributed by atoms with E-state index in [2.05, 4.69) is 4.90 Å². The van der Waals surface area contributed by atoms with Gasteiger partial charge in [0, 0.05) is 31.5 Å². The minimum absolute atomic E-state index is 0.160. The maximum atomic E-state index is 11.6. The lowest BCUT2D eigenvalue weighted by molar-refractivity contribution is -0.129. The van der Waals surface area contributed by atoms with Crippen LogP contribution in [0.25, 0.3) is 0 Å². The summed E-state index contributed by atoms with van der Waals surface area (Å²) in [5, 5.41) is 0. The van der Waals surface area contributed by atoms with Crippen LogP contribution in [-0.4, -0.2) is 37.5 Å². The summed E-state index contributed by atoms with van der Waals surface area (Å²) in [6.07, 6.45) is 0. The number of rotatable bonds is 1. The first-order chi connectivity index (χ1) is 7.58. The monoisotopic (exact) mass is 219 g/mol. The molecule has 1 heterocycles. The van der Waals surface area contributed by atoms with E-state index in [4.69, 9.17) is 5.73 Å². The average Bonchev–Trinajstić information content (AvgIpc) is 2.26. The maximum absolute atomic E-state index is 11.6. The van der Waals surface area contributed by atoms with E-state index in [9.17, 15) is 4.79 Å². The van der Waals surface area contributed by atoms with E-state index in [1.807, 2.05) is 32.2 Å². The first kappa shape index (κ1) is 10.8. The van der Waals surface area contributed by atoms with Crippen molar-refractivity contribution in [3.63, 3.8) is 0 Å². The molecular weight excluding hydrogens is 202 g/mol. The average molecular weight is 219 g/mol. The highest BCUT2D eigenvalue weighted by Crippen LogP contribution is 2.23. The molecule has 1 saturated heterocycles. The van der Waals surface area contributed by atoms with Gasteiger partial charge < -0.3 is 15.5 Å². The van der Waals surface area contributed by atoms with E-state index in [0.29, 0.717) is 6.54 Å². The van der Waals surface area contributed by atoms with Crippen molar-refractivity contribution in [3.8, 4) is 0 Å². The molecule has 2 N–H and O–H groups in total. The lowest BCUT2D eigenvalue weighted by Gasteiger charge is -2.34. The molecule has 4 nitrogen and oxygen atoms in total. The Balaban J connectivity index is 2.24. The number of benzene rings is 1. The number of nitrogens with zero attached hydrogens (tertiary/aromatic N) is 2. The fraction of sp³-hybridized carbons (Fsp3) is 0.417. The summed E-state index contributed by atoms with van der Waals surface area (Å²) in [5.74, 6) is 0.160. The molecule has 0 aliphatic carbocycles. The van der Waals surface area contributed by atoms with Crippen LogP contribution in [0.3, 0.4) is 0 Å². The standard InChI is InChI=1S/C12H17N3O/c1-9-3-4-10(13)7-11(9)15-6-5-14(2)12(16)8-15/h3-4,7H,5-6,8,13H2,1-2H3. The zero-order valence-corrected chi connectivity index (χ0v) is 9.73. The Morgan fingerprint density at radius 2 is 2.06 bits per heavy atom. The van der Waals surface area contributed by atoms with Gasteiger partial charge in [-0.3, -0.25) is 4.79 Å². The Morgan fingerprint density at radius 1 is 1.31 bits per heavy atom. The van der Waals surface area contributed by atoms with Crippen molar-refractivity contribution in [1.82, 2.24) is 4.90 Å². The van der Waals surface area contributed by atoms with Gasteiger partial charge in [-0.05, 0) is 24.6 Å². The smallest absolute Gasteiger partial charge is 0.241 e. The molecule has 0 spiro atoms. The van der Waals surface area contributed by atoms with Crippen LogP contribution in [0.1, 0.15) is 5.56 Å². The zero-order chi connectivity index (χ0) is 11.7. The van der Waals surface area contributed by atoms with Gasteiger partial charge in [-0.25, -0.2) is 0 Å². The number of carbonyl (C=O) groups excluding carboxylic acids is 1. The molecular formula is C12H17N3O. The van der Waals surface area contributed by atoms with Crippen LogP contribution < -0.4 is 10.6 Å². The van der Waals surface area contributed by atoms with Crippen LogP contribution in [0.5, 0.6) is 0 Å². The molecule has 86 valence electrons. The van der Waals surface area contributed by atoms with Crippen molar-refractivity contribution in [2.45, 2.75) is 6.92 Å². The number of hydrogen-bond donors (Lipinski definition) is 1. The number of hydrogen-bond acceptors (Lipinski definition) is 3. The van der Waals surface area contributed by atoms with Gasteiger partial charge in [-0.2, -0.15) is 0 Å². The van der Waals surface area contributed by atoms with Crippen LogP contribution in [0.15, 0.2) is 18.2 Å². The number of anilines is 2. The van der Waals surface area contributed by atoms with Gasteiger partial charge in [-0.15, -0.1) is 0 Å². The van der Waals surface area contributed by atoms with E-state index < -0.39 is 0 Å². The number of nitrogen functional groups attached to an aromatic ring is 1. The molecule has 1 aromatic carbocycles. The van der Waals surface area contributed by atoms with Crippen LogP contribution in [0.4, 0.5) is 11.4 Å². The van der Waals surface area contributed by atoms with Gasteiger partial charge in [0.05, 0.1) is 6.54 Å². The fourth-order valence-corrected chi connectivity index (χ4v) is 1.93. The summed E-state index contributed by atoms with van der Waals surface area (Å²) in [6, 6.07) is 5.82. The molecule has 1 aliphatic rings. The third-order valence-corrected chi connectivity index (χ3v) is 3.03. The second-order valence-electron chi connectivity index (χ2n) is 4.28. The molecule has 1 fully saturated rings. The Bertz CT molecular complexity index is 417. The van der Waals surface area contributed by atoms with E-state index in [-0.39, 0.29) is 5.91 Å². The van der Waals surface area contributed by atoms with Crippen LogP contribution in [0, 0.1) is 6.92 Å². The summed E-state index contributed by atoms with van der Waals surface area (Å²) >= 11 is 0. The number of carbonyl (C=O) groups is 1. The number of nitrogens with two attached hydrogens (primary N) is 1. The molecule has 1 amide bonds. The second-order valence-corrected chi connectivity index (χ2v) is 4.28. The Morgan fingerprint density at radius 3 is 2.75 bits per heavy atom. The Hall–Kier alpha value is -1.71. The van der Waals surface area contributed by atoms with Crippen molar-refractivity contribution in [3.05, 3.63) is 23.8 Å². The molecule has 4 heteroatoms. The Labute approximate surface area is 95.6 Å². The summed E-state index contributed by atoms with van der Waals surface area (Å²) in [7, 11) is 1.84. The molecule has 0 saturated carbocycles. The summed E-state index contributed by atoms with van der Waals surface area (Å²) in [4.78, 5) is 15.5. The first-order valence-electron chi connectivity index (χ1n) is 5.43. The van der Waals surface area contributed by atoms with Gasteiger partial charge in [0.15, 0.2) is 0 Å². The maximum Gasteiger partial charge on any atom is 0.241 e. The first-order valence-corrected chi connectivity index (χ1v) is 5.43. The topological polar surface area (TPSA) is 49.6 Å². The summed E-state index contributed by atoms with van der Waals surface area (Å²) < 4.78 is 0. The van der Waals surface area contributed by atoms with Gasteiger partial charge in [0.2, 0.25) is 5.91 Å². The predicted octanol–water partition coefficient (Wildman–Crippen LogP) is 0.856. The molecule has 0 bridgehead atoms. The van der Waals surface area contributed by atoms with Crippen LogP contribution >= 0.6 is 0 Å². The minimum Gasteiger partial charge on any atom is -0.399 e. The van der Waals surface area contributed by atoms with Crippen molar-refractivity contribution in [2.24, 2.45) is 0 Å². The zero-order valence-electron chi connectivity index (χ0n) is 9.73. The van der Waals surface area contributed by atoms with Crippen molar-refractivity contribution >= 4 is 17.3 Å². The minimum atomic E-state index is 0.160. The lowest BCUT2D eigenvalue weighted by Crippen LogP contribution is -2.48. The van der Waals surface area contributed by atoms with E-state index in [1.54, 1.807) is 4.90 Å². The SMILES string of the molecule is Cc1ccc(N)cc1N1CCN(C)C(=O)C1. The van der Waals surface area contributed by atoms with E-state index >= 15 is 0 Å². The van der Waals surface area contributed by atoms with Gasteiger partial charge in [-0.1, -0.05) is 6.07 Å². The van der Waals surface area contributed by atoms with Crippen LogP contribution in [-0.2, 0) is 4.79 Å². The predicted molar refractivity (Wildman–Crippen MR) is 65.4 cm³/mol. The highest BCUT2D eigenvalue weighted by Gasteiger charge is 2.22. The van der Waals surface area contributed by atoms with Crippen LogP contribution in [0.2, 0.25) is 0 Å². The molecule has 16 heavy (non-hydrogen) atoms. The molecule has 0 aromatic heterocycles. The van der Waals surface area contributed by atoms with Crippen molar-refractivity contribution in [2.75, 3.05) is 37.3 Å². The van der Waals surface area contributed by atoms with Crippen molar-refractivity contribution < 1.29 is 4.79 Å². The fourth-order valence-electron chi connectivity index (χ4n) is 1.93. The summed E-state index contributed by atoms with van der Waals surface area (Å²) in [6.45, 7) is 4.12. The van der Waals surface area contributed by atoms with E-state index in [0.717, 1.165) is 30.0 Å². The van der Waals surface area contributed by atoms with Gasteiger partial charge in [0.1, 0.15) is 0 Å². The molecule has 2 rings (SSSR count). The Kier molecular flexibility index (Phi) is 2.73. The highest BCUT2D eigenvalue weighted by atomic mass is 16.2. The molecule has 1 aromatic rings. The van der Waals surface area contributed by atoms with Gasteiger partial charge in [0.25, 0.3) is 0 Å². The lowest BCUT2D eigenvalue weighted by atomic mass is 10.1. The molecule has 0 radical (unpaired) electrons. The summed E-state index contributed by atoms with van der Waals surface area (Å²) in [5.41, 5.74) is 8.75. The van der Waals surface area contributed by atoms with Crippen molar-refractivity contribution in [1.29, 1.82) is 0 Å². The number of likely N-dealkylation sites (N-methyl/N-ethyl adjacent to an activating group) is 1. The number of amides is 1. The van der Waals surface area contributed by atoms with E-state index in [1.165, 1.54) is 0 Å². The molecule has 0 atom stereocenters. The normalized spacial score (nSPS) is 16.8. The molecule has 0 unspecified atom stereocenters. The third kappa shape index (κ3) is 1.96. The van der Waals surface area contributed by atoms with Gasteiger partial charge >= 0.3 is 0 Å².